The van der Waals surface area contributed by atoms with Gasteiger partial charge in [0.1, 0.15) is 18.4 Å². The maximum absolute atomic E-state index is 12.2. The van der Waals surface area contributed by atoms with Gasteiger partial charge < -0.3 is 5.32 Å². The molecule has 0 aliphatic rings. The summed E-state index contributed by atoms with van der Waals surface area (Å²) in [6.07, 6.45) is 3.56. The van der Waals surface area contributed by atoms with Crippen molar-refractivity contribution in [2.75, 3.05) is 0 Å². The predicted molar refractivity (Wildman–Crippen MR) is 90.0 cm³/mol. The molecule has 0 unspecified atom stereocenters. The van der Waals surface area contributed by atoms with Crippen LogP contribution in [0.15, 0.2) is 47.7 Å². The van der Waals surface area contributed by atoms with Crippen LogP contribution < -0.4 is 10.9 Å². The van der Waals surface area contributed by atoms with Gasteiger partial charge in [0.15, 0.2) is 0 Å². The van der Waals surface area contributed by atoms with Crippen LogP contribution in [0.3, 0.4) is 0 Å². The molecule has 7 nitrogen and oxygen atoms in total. The largest absolute Gasteiger partial charge is 0.352 e. The molecule has 0 saturated carbocycles. The van der Waals surface area contributed by atoms with Crippen LogP contribution in [0, 0.1) is 0 Å². The van der Waals surface area contributed by atoms with E-state index < -0.39 is 0 Å². The normalized spacial score (nSPS) is 12.2. The first-order valence-electron chi connectivity index (χ1n) is 7.46. The van der Waals surface area contributed by atoms with E-state index in [1.807, 2.05) is 25.1 Å². The summed E-state index contributed by atoms with van der Waals surface area (Å²) in [5.41, 5.74) is 1.06. The van der Waals surface area contributed by atoms with Gasteiger partial charge in [-0.25, -0.2) is 9.20 Å². The molecule has 24 heavy (non-hydrogen) atoms. The van der Waals surface area contributed by atoms with Gasteiger partial charge in [0.2, 0.25) is 5.91 Å². The number of hydrogen-bond donors (Lipinski definition) is 1. The molecule has 0 bridgehead atoms. The van der Waals surface area contributed by atoms with E-state index in [2.05, 4.69) is 15.5 Å². The molecule has 1 aromatic carbocycles. The molecule has 1 atom stereocenters. The second kappa shape index (κ2) is 6.84. The zero-order valence-corrected chi connectivity index (χ0v) is 13.8. The molecule has 0 aliphatic carbocycles. The van der Waals surface area contributed by atoms with E-state index in [1.54, 1.807) is 12.1 Å². The fraction of sp³-hybridized carbons (Fsp3) is 0.250. The molecule has 8 heteroatoms. The lowest BCUT2D eigenvalue weighted by atomic mass is 10.1. The fourth-order valence-corrected chi connectivity index (χ4v) is 2.72. The van der Waals surface area contributed by atoms with Crippen LogP contribution in [-0.2, 0) is 17.8 Å². The maximum Gasteiger partial charge on any atom is 0.293 e. The van der Waals surface area contributed by atoms with E-state index in [0.29, 0.717) is 17.0 Å². The molecule has 0 saturated heterocycles. The minimum Gasteiger partial charge on any atom is -0.352 e. The lowest BCUT2D eigenvalue weighted by Gasteiger charge is -2.14. The Morgan fingerprint density at radius 1 is 1.33 bits per heavy atom. The second-order valence-corrected chi connectivity index (χ2v) is 5.99. The summed E-state index contributed by atoms with van der Waals surface area (Å²) in [4.78, 5) is 24.3. The zero-order chi connectivity index (χ0) is 17.1. The van der Waals surface area contributed by atoms with E-state index >= 15 is 0 Å². The number of carbonyl (C=O) groups is 1. The van der Waals surface area contributed by atoms with E-state index in [9.17, 15) is 9.59 Å². The number of carbonyl (C=O) groups excluding carboxylic acids is 1. The lowest BCUT2D eigenvalue weighted by Crippen LogP contribution is -2.39. The van der Waals surface area contributed by atoms with Crippen LogP contribution in [0.4, 0.5) is 0 Å². The molecule has 0 aliphatic heterocycles. The topological polar surface area (TPSA) is 81.3 Å². The standard InChI is InChI=1S/C16H16ClN5O2/c1-11(7-12-3-2-4-13(17)8-12)20-15(23)9-21-16(24)14-5-6-18-22(14)10-19-21/h2-6,8,10-11H,7,9H2,1H3,(H,20,23)/t11-/m1/s1. The van der Waals surface area contributed by atoms with Crippen LogP contribution in [0.25, 0.3) is 5.52 Å². The summed E-state index contributed by atoms with van der Waals surface area (Å²) in [6, 6.07) is 8.98. The van der Waals surface area contributed by atoms with Crippen molar-refractivity contribution < 1.29 is 4.79 Å². The van der Waals surface area contributed by atoms with Gasteiger partial charge in [0.05, 0.1) is 6.20 Å². The van der Waals surface area contributed by atoms with Gasteiger partial charge in [-0.3, -0.25) is 9.59 Å². The molecule has 1 N–H and O–H groups in total. The second-order valence-electron chi connectivity index (χ2n) is 5.56. The Morgan fingerprint density at radius 3 is 2.96 bits per heavy atom. The Bertz CT molecular complexity index is 933. The fourth-order valence-electron chi connectivity index (χ4n) is 2.51. The van der Waals surface area contributed by atoms with Crippen molar-refractivity contribution >= 4 is 23.0 Å². The Labute approximate surface area is 142 Å². The Kier molecular flexibility index (Phi) is 4.61. The molecule has 3 aromatic rings. The highest BCUT2D eigenvalue weighted by Crippen LogP contribution is 2.12. The van der Waals surface area contributed by atoms with E-state index in [0.717, 1.165) is 10.2 Å². The van der Waals surface area contributed by atoms with Crippen molar-refractivity contribution in [3.63, 3.8) is 0 Å². The van der Waals surface area contributed by atoms with Crippen LogP contribution >= 0.6 is 11.6 Å². The first-order chi connectivity index (χ1) is 11.5. The van der Waals surface area contributed by atoms with Crippen molar-refractivity contribution in [2.24, 2.45) is 0 Å². The predicted octanol–water partition coefficient (Wildman–Crippen LogP) is 1.29. The van der Waals surface area contributed by atoms with Crippen LogP contribution in [0.5, 0.6) is 0 Å². The average Bonchev–Trinajstić information content (AvgIpc) is 2.99. The minimum atomic E-state index is -0.354. The molecule has 124 valence electrons. The maximum atomic E-state index is 12.2. The number of benzene rings is 1. The van der Waals surface area contributed by atoms with Gasteiger partial charge in [0.25, 0.3) is 5.56 Å². The van der Waals surface area contributed by atoms with Gasteiger partial charge in [-0.2, -0.15) is 10.2 Å². The van der Waals surface area contributed by atoms with E-state index in [-0.39, 0.29) is 24.1 Å². The van der Waals surface area contributed by atoms with Crippen molar-refractivity contribution in [2.45, 2.75) is 25.9 Å². The average molecular weight is 346 g/mol. The lowest BCUT2D eigenvalue weighted by molar-refractivity contribution is -0.122. The summed E-state index contributed by atoms with van der Waals surface area (Å²) < 4.78 is 2.50. The van der Waals surface area contributed by atoms with Crippen molar-refractivity contribution in [3.05, 3.63) is 63.8 Å². The molecule has 0 spiro atoms. The monoisotopic (exact) mass is 345 g/mol. The van der Waals surface area contributed by atoms with E-state index in [1.165, 1.54) is 17.0 Å². The summed E-state index contributed by atoms with van der Waals surface area (Å²) in [5.74, 6) is -0.275. The quantitative estimate of drug-likeness (QED) is 0.755. The summed E-state index contributed by atoms with van der Waals surface area (Å²) in [7, 11) is 0. The number of fused-ring (bicyclic) bond motifs is 1. The molecular formula is C16H16ClN5O2. The molecular weight excluding hydrogens is 330 g/mol. The molecule has 3 rings (SSSR count). The highest BCUT2D eigenvalue weighted by Gasteiger charge is 2.12. The van der Waals surface area contributed by atoms with Gasteiger partial charge in [-0.1, -0.05) is 23.7 Å². The summed E-state index contributed by atoms with van der Waals surface area (Å²) in [6.45, 7) is 1.76. The number of halogens is 1. The number of nitrogens with one attached hydrogen (secondary N) is 1. The summed E-state index contributed by atoms with van der Waals surface area (Å²) >= 11 is 5.96. The summed E-state index contributed by atoms with van der Waals surface area (Å²) in [5, 5.41) is 11.4. The third-order valence-corrected chi connectivity index (χ3v) is 3.79. The number of hydrogen-bond acceptors (Lipinski definition) is 4. The highest BCUT2D eigenvalue weighted by atomic mass is 35.5. The Balaban J connectivity index is 1.64. The van der Waals surface area contributed by atoms with Crippen LogP contribution in [0.2, 0.25) is 5.02 Å². The number of nitrogens with zero attached hydrogens (tertiary/aromatic N) is 4. The first-order valence-corrected chi connectivity index (χ1v) is 7.84. The van der Waals surface area contributed by atoms with Gasteiger partial charge in [-0.15, -0.1) is 0 Å². The smallest absolute Gasteiger partial charge is 0.293 e. The zero-order valence-electron chi connectivity index (χ0n) is 13.0. The third-order valence-electron chi connectivity index (χ3n) is 3.56. The molecule has 2 aromatic heterocycles. The highest BCUT2D eigenvalue weighted by molar-refractivity contribution is 6.30. The Hall–Kier alpha value is -2.67. The molecule has 0 fully saturated rings. The molecule has 0 radical (unpaired) electrons. The SMILES string of the molecule is C[C@H](Cc1cccc(Cl)c1)NC(=O)Cn1ncn2nccc2c1=O. The molecule has 1 amide bonds. The van der Waals surface area contributed by atoms with Gasteiger partial charge >= 0.3 is 0 Å². The van der Waals surface area contributed by atoms with Crippen molar-refractivity contribution in [1.29, 1.82) is 0 Å². The number of rotatable bonds is 5. The van der Waals surface area contributed by atoms with Gasteiger partial charge in [0, 0.05) is 11.1 Å². The van der Waals surface area contributed by atoms with Crippen LogP contribution in [-0.4, -0.2) is 31.3 Å². The van der Waals surface area contributed by atoms with Crippen LogP contribution in [0.1, 0.15) is 12.5 Å². The molecule has 2 heterocycles. The van der Waals surface area contributed by atoms with Gasteiger partial charge in [-0.05, 0) is 37.1 Å². The number of amides is 1. The Morgan fingerprint density at radius 2 is 2.17 bits per heavy atom. The van der Waals surface area contributed by atoms with E-state index in [4.69, 9.17) is 11.6 Å². The third kappa shape index (κ3) is 3.62. The first kappa shape index (κ1) is 16.2. The number of aromatic nitrogens is 4. The van der Waals surface area contributed by atoms with Crippen molar-refractivity contribution in [1.82, 2.24) is 24.7 Å². The minimum absolute atomic E-state index is 0.0923. The van der Waals surface area contributed by atoms with Crippen molar-refractivity contribution in [3.8, 4) is 0 Å².